The topological polar surface area (TPSA) is 175 Å². The minimum absolute atomic E-state index is 0.00209. The third kappa shape index (κ3) is 48.5. The zero-order valence-electron chi connectivity index (χ0n) is 52.5. The number of carbonyl (C=O) groups excluding carboxylic acids is 2. The average Bonchev–Trinajstić information content (AvgIpc) is 3.47. The minimum atomic E-state index is -1.57. The highest BCUT2D eigenvalue weighted by Gasteiger charge is 2.44. The Labute approximate surface area is 497 Å². The van der Waals surface area contributed by atoms with Gasteiger partial charge in [-0.1, -0.05) is 268 Å². The molecule has 1 rings (SSSR count). The number of hydrogen-bond acceptors (Lipinski definition) is 10. The first-order valence-corrected chi connectivity index (χ1v) is 34.4. The summed E-state index contributed by atoms with van der Waals surface area (Å²) in [7, 11) is 0. The molecule has 0 aromatic heterocycles. The molecule has 0 saturated carbocycles. The van der Waals surface area contributed by atoms with Crippen LogP contribution in [0.25, 0.3) is 0 Å². The summed E-state index contributed by atoms with van der Waals surface area (Å²) in [4.78, 5) is 25.1. The van der Waals surface area contributed by atoms with Gasteiger partial charge in [-0.05, 0) is 89.9 Å². The van der Waals surface area contributed by atoms with Crippen molar-refractivity contribution in [3.8, 4) is 0 Å². The van der Waals surface area contributed by atoms with Crippen LogP contribution in [0.1, 0.15) is 322 Å². The van der Waals surface area contributed by atoms with Crippen LogP contribution in [0.2, 0.25) is 0 Å². The zero-order valence-corrected chi connectivity index (χ0v) is 52.5. The van der Waals surface area contributed by atoms with Crippen molar-refractivity contribution in [2.24, 2.45) is 0 Å². The van der Waals surface area contributed by atoms with E-state index in [9.17, 15) is 35.1 Å². The van der Waals surface area contributed by atoms with Crippen LogP contribution >= 0.6 is 0 Å². The summed E-state index contributed by atoms with van der Waals surface area (Å²) >= 11 is 0. The fourth-order valence-corrected chi connectivity index (χ4v) is 10.7. The normalized spacial score (nSPS) is 18.5. The largest absolute Gasteiger partial charge is 0.466 e. The predicted octanol–water partition coefficient (Wildman–Crippen LogP) is 17.2. The van der Waals surface area contributed by atoms with E-state index in [1.807, 2.05) is 6.08 Å². The SMILES string of the molecule is CCCCCCCC/C=C\CCCCCCCCCCCC(=O)OCCCCCCCCCCC/C=C\C/C=C\CCCCCCCCCCCC(=O)NC(COC1OC(CO)C(O)C(O)C1O)C(O)/C=C/CCCCCCCCC. The number of allylic oxidation sites excluding steroid dienone is 7. The summed E-state index contributed by atoms with van der Waals surface area (Å²) in [5, 5.41) is 54.3. The molecule has 1 heterocycles. The van der Waals surface area contributed by atoms with Gasteiger partial charge in [0.15, 0.2) is 6.29 Å². The number of amides is 1. The first-order chi connectivity index (χ1) is 39.7. The first-order valence-electron chi connectivity index (χ1n) is 34.4. The molecular weight excluding hydrogens is 1010 g/mol. The fraction of sp³-hybridized carbons (Fsp3) is 0.857. The molecule has 7 unspecified atom stereocenters. The quantitative estimate of drug-likeness (QED) is 0.0195. The monoisotopic (exact) mass is 1140 g/mol. The van der Waals surface area contributed by atoms with E-state index in [2.05, 4.69) is 55.6 Å². The lowest BCUT2D eigenvalue weighted by molar-refractivity contribution is -0.302. The Kier molecular flexibility index (Phi) is 56.2. The van der Waals surface area contributed by atoms with Gasteiger partial charge in [-0.3, -0.25) is 9.59 Å². The number of rotatable bonds is 60. The molecule has 6 N–H and O–H groups in total. The minimum Gasteiger partial charge on any atom is -0.466 e. The third-order valence-electron chi connectivity index (χ3n) is 16.2. The van der Waals surface area contributed by atoms with Gasteiger partial charge in [-0.15, -0.1) is 0 Å². The van der Waals surface area contributed by atoms with Gasteiger partial charge in [0.1, 0.15) is 24.4 Å². The predicted molar refractivity (Wildman–Crippen MR) is 338 cm³/mol. The van der Waals surface area contributed by atoms with Gasteiger partial charge in [0.2, 0.25) is 5.91 Å². The third-order valence-corrected chi connectivity index (χ3v) is 16.2. The molecule has 1 aliphatic rings. The highest BCUT2D eigenvalue weighted by molar-refractivity contribution is 5.76. The number of ether oxygens (including phenoxy) is 3. The van der Waals surface area contributed by atoms with Crippen molar-refractivity contribution in [2.45, 2.75) is 365 Å². The Morgan fingerprint density at radius 2 is 0.827 bits per heavy atom. The highest BCUT2D eigenvalue weighted by atomic mass is 16.7. The van der Waals surface area contributed by atoms with Gasteiger partial charge in [0, 0.05) is 12.8 Å². The molecule has 81 heavy (non-hydrogen) atoms. The maximum Gasteiger partial charge on any atom is 0.305 e. The van der Waals surface area contributed by atoms with Crippen LogP contribution in [0.5, 0.6) is 0 Å². The zero-order chi connectivity index (χ0) is 58.7. The number of carbonyl (C=O) groups is 2. The molecule has 11 heteroatoms. The number of esters is 1. The standard InChI is InChI=1S/C70H129NO10/c1-3-5-7-9-11-13-14-15-16-17-25-29-32-35-38-42-46-50-54-58-66(75)79-59-55-51-47-43-39-36-33-30-27-24-22-20-18-19-21-23-26-28-31-34-37-41-45-49-53-57-65(74)71-62(63(73)56-52-48-44-40-12-10-8-6-4-2)61-80-70-69(78)68(77)67(76)64(60-72)81-70/h15-16,19-22,52,56,62-64,67-70,72-73,76-78H,3-14,17-18,23-51,53-55,57-61H2,1-2H3,(H,71,74)/b16-15-,21-19-,22-20-,56-52+. The van der Waals surface area contributed by atoms with Crippen molar-refractivity contribution in [1.29, 1.82) is 0 Å². The molecule has 1 saturated heterocycles. The Bertz CT molecular complexity index is 1480. The van der Waals surface area contributed by atoms with E-state index in [0.717, 1.165) is 83.5 Å². The lowest BCUT2D eigenvalue weighted by Crippen LogP contribution is -2.60. The van der Waals surface area contributed by atoms with Crippen molar-refractivity contribution in [1.82, 2.24) is 5.32 Å². The van der Waals surface area contributed by atoms with Crippen LogP contribution in [-0.2, 0) is 23.8 Å². The van der Waals surface area contributed by atoms with Crippen molar-refractivity contribution in [3.63, 3.8) is 0 Å². The fourth-order valence-electron chi connectivity index (χ4n) is 10.7. The molecule has 0 aromatic carbocycles. The van der Waals surface area contributed by atoms with Gasteiger partial charge < -0.3 is 45.1 Å². The molecular formula is C70H129NO10. The molecule has 1 aliphatic heterocycles. The Morgan fingerprint density at radius 1 is 0.457 bits per heavy atom. The van der Waals surface area contributed by atoms with Crippen LogP contribution in [0.15, 0.2) is 48.6 Å². The van der Waals surface area contributed by atoms with E-state index >= 15 is 0 Å². The molecule has 1 fully saturated rings. The number of aliphatic hydroxyl groups excluding tert-OH is 5. The molecule has 1 amide bonds. The van der Waals surface area contributed by atoms with Gasteiger partial charge in [0.25, 0.3) is 0 Å². The van der Waals surface area contributed by atoms with Gasteiger partial charge in [0.05, 0.1) is 32.0 Å². The smallest absolute Gasteiger partial charge is 0.305 e. The Morgan fingerprint density at radius 3 is 1.26 bits per heavy atom. The molecule has 0 aromatic rings. The van der Waals surface area contributed by atoms with Crippen molar-refractivity contribution >= 4 is 11.9 Å². The first kappa shape index (κ1) is 76.6. The van der Waals surface area contributed by atoms with Crippen LogP contribution in [0, 0.1) is 0 Å². The summed E-state index contributed by atoms with van der Waals surface area (Å²) < 4.78 is 16.7. The number of aliphatic hydroxyl groups is 5. The maximum absolute atomic E-state index is 13.0. The average molecular weight is 1140 g/mol. The maximum atomic E-state index is 13.0. The summed E-state index contributed by atoms with van der Waals surface area (Å²) in [5.41, 5.74) is 0. The van der Waals surface area contributed by atoms with E-state index in [4.69, 9.17) is 14.2 Å². The van der Waals surface area contributed by atoms with Gasteiger partial charge in [-0.2, -0.15) is 0 Å². The van der Waals surface area contributed by atoms with Crippen molar-refractivity contribution in [2.75, 3.05) is 19.8 Å². The van der Waals surface area contributed by atoms with Crippen LogP contribution in [0.4, 0.5) is 0 Å². The molecule has 11 nitrogen and oxygen atoms in total. The molecule has 0 aliphatic carbocycles. The lowest BCUT2D eigenvalue weighted by atomic mass is 9.99. The molecule has 7 atom stereocenters. The number of unbranched alkanes of at least 4 members (excludes halogenated alkanes) is 40. The van der Waals surface area contributed by atoms with E-state index in [1.165, 1.54) is 212 Å². The summed E-state index contributed by atoms with van der Waals surface area (Å²) in [5.74, 6) is -0.192. The summed E-state index contributed by atoms with van der Waals surface area (Å²) in [6, 6.07) is -0.814. The highest BCUT2D eigenvalue weighted by Crippen LogP contribution is 2.23. The second-order valence-electron chi connectivity index (χ2n) is 23.9. The lowest BCUT2D eigenvalue weighted by Gasteiger charge is -2.40. The number of hydrogen-bond donors (Lipinski definition) is 6. The van der Waals surface area contributed by atoms with Crippen molar-refractivity contribution in [3.05, 3.63) is 48.6 Å². The second kappa shape index (κ2) is 59.4. The molecule has 0 spiro atoms. The molecule has 0 radical (unpaired) electrons. The van der Waals surface area contributed by atoms with E-state index in [1.54, 1.807) is 6.08 Å². The van der Waals surface area contributed by atoms with E-state index in [-0.39, 0.29) is 18.5 Å². The Balaban J connectivity index is 1.95. The van der Waals surface area contributed by atoms with E-state index in [0.29, 0.717) is 19.4 Å². The summed E-state index contributed by atoms with van der Waals surface area (Å²) in [6.07, 6.45) is 66.8. The van der Waals surface area contributed by atoms with Crippen LogP contribution < -0.4 is 5.32 Å². The van der Waals surface area contributed by atoms with Gasteiger partial charge >= 0.3 is 5.97 Å². The van der Waals surface area contributed by atoms with Crippen LogP contribution in [0.3, 0.4) is 0 Å². The van der Waals surface area contributed by atoms with Crippen LogP contribution in [-0.4, -0.2) is 100 Å². The molecule has 474 valence electrons. The van der Waals surface area contributed by atoms with E-state index < -0.39 is 49.5 Å². The molecule has 0 bridgehead atoms. The summed E-state index contributed by atoms with van der Waals surface area (Å²) in [6.45, 7) is 4.32. The van der Waals surface area contributed by atoms with Crippen molar-refractivity contribution < 1.29 is 49.3 Å². The Hall–Kier alpha value is -2.38. The second-order valence-corrected chi connectivity index (χ2v) is 23.9. The van der Waals surface area contributed by atoms with Gasteiger partial charge in [-0.25, -0.2) is 0 Å². The number of nitrogens with one attached hydrogen (secondary N) is 1.